The number of rotatable bonds is 1. The minimum atomic E-state index is 0.356. The molecule has 0 saturated heterocycles. The van der Waals surface area contributed by atoms with Gasteiger partial charge in [-0.05, 0) is 0 Å². The third-order valence-corrected chi connectivity index (χ3v) is 1.62. The van der Waals surface area contributed by atoms with Gasteiger partial charge in [-0.25, -0.2) is 9.97 Å². The molecule has 2 N–H and O–H groups in total. The minimum Gasteiger partial charge on any atom is -0.327 e. The van der Waals surface area contributed by atoms with Gasteiger partial charge in [-0.15, -0.1) is 0 Å². The Labute approximate surface area is 78.9 Å². The minimum absolute atomic E-state index is 0.356. The van der Waals surface area contributed by atoms with Crippen LogP contribution in [0.1, 0.15) is 11.4 Å². The van der Waals surface area contributed by atoms with Gasteiger partial charge in [0.25, 0.3) is 0 Å². The van der Waals surface area contributed by atoms with Crippen LogP contribution in [0.15, 0.2) is 12.4 Å². The Balaban J connectivity index is 2.41. The van der Waals surface area contributed by atoms with Gasteiger partial charge in [0.1, 0.15) is 23.5 Å². The first-order valence-corrected chi connectivity index (χ1v) is 3.74. The Hall–Kier alpha value is -2.60. The molecule has 0 amide bonds. The number of aromatic amines is 2. The highest BCUT2D eigenvalue weighted by atomic mass is 15.0. The molecule has 0 bridgehead atoms. The van der Waals surface area contributed by atoms with Crippen molar-refractivity contribution in [3.63, 3.8) is 0 Å². The van der Waals surface area contributed by atoms with Gasteiger partial charge in [0, 0.05) is 0 Å². The van der Waals surface area contributed by atoms with E-state index in [0.29, 0.717) is 23.0 Å². The molecule has 6 heteroatoms. The number of H-pyrrole nitrogens is 2. The third kappa shape index (κ3) is 1.21. The molecule has 66 valence electrons. The zero-order chi connectivity index (χ0) is 9.97. The van der Waals surface area contributed by atoms with Crippen LogP contribution in [0.3, 0.4) is 0 Å². The first-order valence-electron chi connectivity index (χ1n) is 3.74. The van der Waals surface area contributed by atoms with Crippen LogP contribution in [0.4, 0.5) is 0 Å². The summed E-state index contributed by atoms with van der Waals surface area (Å²) in [5, 5.41) is 17.1. The fourth-order valence-corrected chi connectivity index (χ4v) is 0.997. The van der Waals surface area contributed by atoms with Crippen LogP contribution in [0.5, 0.6) is 0 Å². The fourth-order valence-electron chi connectivity index (χ4n) is 0.997. The normalized spacial score (nSPS) is 9.29. The number of nitrogens with zero attached hydrogens (tertiary/aromatic N) is 4. The molecule has 0 radical (unpaired) electrons. The lowest BCUT2D eigenvalue weighted by Crippen LogP contribution is -1.83. The predicted molar refractivity (Wildman–Crippen MR) is 45.6 cm³/mol. The van der Waals surface area contributed by atoms with Gasteiger partial charge in [-0.2, -0.15) is 10.5 Å². The standard InChI is InChI=1S/C8H4N6/c9-1-5-3-11-7(13-5)8-12-4-6(2-10)14-8/h3-4H,(H,11,13)(H,12,14). The monoisotopic (exact) mass is 184 g/mol. The Morgan fingerprint density at radius 2 is 1.36 bits per heavy atom. The van der Waals surface area contributed by atoms with Crippen molar-refractivity contribution in [2.75, 3.05) is 0 Å². The molecule has 2 aromatic rings. The van der Waals surface area contributed by atoms with E-state index in [4.69, 9.17) is 10.5 Å². The number of nitrogens with one attached hydrogen (secondary N) is 2. The van der Waals surface area contributed by atoms with Crippen LogP contribution in [0.2, 0.25) is 0 Å². The van der Waals surface area contributed by atoms with Gasteiger partial charge in [0.2, 0.25) is 0 Å². The molecular formula is C8H4N6. The van der Waals surface area contributed by atoms with E-state index in [1.54, 1.807) is 0 Å². The van der Waals surface area contributed by atoms with Crippen molar-refractivity contribution in [2.24, 2.45) is 0 Å². The van der Waals surface area contributed by atoms with Crippen LogP contribution in [0.25, 0.3) is 11.6 Å². The molecule has 6 nitrogen and oxygen atoms in total. The highest BCUT2D eigenvalue weighted by Gasteiger charge is 2.06. The van der Waals surface area contributed by atoms with Gasteiger partial charge >= 0.3 is 0 Å². The summed E-state index contributed by atoms with van der Waals surface area (Å²) in [5.74, 6) is 0.895. The van der Waals surface area contributed by atoms with Crippen LogP contribution in [0, 0.1) is 22.7 Å². The second-order valence-corrected chi connectivity index (χ2v) is 2.51. The van der Waals surface area contributed by atoms with Crippen LogP contribution in [-0.2, 0) is 0 Å². The largest absolute Gasteiger partial charge is 0.327 e. The molecule has 2 rings (SSSR count). The maximum Gasteiger partial charge on any atom is 0.174 e. The van der Waals surface area contributed by atoms with Gasteiger partial charge in [-0.3, -0.25) is 0 Å². The van der Waals surface area contributed by atoms with E-state index in [1.807, 2.05) is 12.1 Å². The van der Waals surface area contributed by atoms with Gasteiger partial charge in [0.15, 0.2) is 11.6 Å². The summed E-state index contributed by atoms with van der Waals surface area (Å²) < 4.78 is 0. The SMILES string of the molecule is N#Cc1cnc(-c2ncc(C#N)[nH]2)[nH]1. The first-order chi connectivity index (χ1) is 6.83. The molecule has 0 aliphatic rings. The van der Waals surface area contributed by atoms with Gasteiger partial charge in [-0.1, -0.05) is 0 Å². The average molecular weight is 184 g/mol. The Morgan fingerprint density at radius 1 is 0.929 bits per heavy atom. The predicted octanol–water partition coefficient (Wildman–Crippen LogP) is 0.543. The van der Waals surface area contributed by atoms with E-state index >= 15 is 0 Å². The van der Waals surface area contributed by atoms with Crippen molar-refractivity contribution in [3.8, 4) is 23.8 Å². The molecule has 0 aromatic carbocycles. The topological polar surface area (TPSA) is 105 Å². The van der Waals surface area contributed by atoms with E-state index in [1.165, 1.54) is 12.4 Å². The summed E-state index contributed by atoms with van der Waals surface area (Å²) in [6, 6.07) is 3.83. The quantitative estimate of drug-likeness (QED) is 0.674. The van der Waals surface area contributed by atoms with Crippen LogP contribution >= 0.6 is 0 Å². The smallest absolute Gasteiger partial charge is 0.174 e. The second kappa shape index (κ2) is 3.04. The molecule has 14 heavy (non-hydrogen) atoms. The summed E-state index contributed by atoms with van der Waals surface area (Å²) in [6.45, 7) is 0. The third-order valence-electron chi connectivity index (χ3n) is 1.62. The Bertz CT molecular complexity index is 484. The Morgan fingerprint density at radius 3 is 1.64 bits per heavy atom. The maximum absolute atomic E-state index is 8.55. The lowest BCUT2D eigenvalue weighted by Gasteiger charge is -1.86. The molecule has 0 saturated carbocycles. The van der Waals surface area contributed by atoms with Crippen molar-refractivity contribution in [1.29, 1.82) is 10.5 Å². The number of nitriles is 2. The van der Waals surface area contributed by atoms with Crippen molar-refractivity contribution >= 4 is 0 Å². The lowest BCUT2D eigenvalue weighted by molar-refractivity contribution is 1.19. The maximum atomic E-state index is 8.55. The van der Waals surface area contributed by atoms with E-state index in [0.717, 1.165) is 0 Å². The molecule has 0 fully saturated rings. The van der Waals surface area contributed by atoms with Crippen LogP contribution < -0.4 is 0 Å². The summed E-state index contributed by atoms with van der Waals surface area (Å²) in [6.07, 6.45) is 2.81. The molecule has 0 spiro atoms. The second-order valence-electron chi connectivity index (χ2n) is 2.51. The zero-order valence-corrected chi connectivity index (χ0v) is 6.94. The van der Waals surface area contributed by atoms with Crippen LogP contribution in [-0.4, -0.2) is 19.9 Å². The summed E-state index contributed by atoms with van der Waals surface area (Å²) >= 11 is 0. The average Bonchev–Trinajstić information content (AvgIpc) is 2.86. The van der Waals surface area contributed by atoms with E-state index < -0.39 is 0 Å². The number of aromatic nitrogens is 4. The molecule has 0 aliphatic carbocycles. The number of imidazole rings is 2. The molecule has 0 aliphatic heterocycles. The molecular weight excluding hydrogens is 180 g/mol. The summed E-state index contributed by atoms with van der Waals surface area (Å²) in [5.41, 5.74) is 0.713. The van der Waals surface area contributed by atoms with Crippen molar-refractivity contribution in [1.82, 2.24) is 19.9 Å². The van der Waals surface area contributed by atoms with Gasteiger partial charge in [0.05, 0.1) is 12.4 Å². The van der Waals surface area contributed by atoms with E-state index in [2.05, 4.69) is 19.9 Å². The van der Waals surface area contributed by atoms with Gasteiger partial charge < -0.3 is 9.97 Å². The van der Waals surface area contributed by atoms with Crippen molar-refractivity contribution in [2.45, 2.75) is 0 Å². The van der Waals surface area contributed by atoms with Crippen molar-refractivity contribution in [3.05, 3.63) is 23.8 Å². The molecule has 0 atom stereocenters. The first kappa shape index (κ1) is 8.02. The zero-order valence-electron chi connectivity index (χ0n) is 6.94. The van der Waals surface area contributed by atoms with Crippen molar-refractivity contribution < 1.29 is 0 Å². The lowest BCUT2D eigenvalue weighted by atomic mass is 10.5. The highest BCUT2D eigenvalue weighted by Crippen LogP contribution is 2.10. The van der Waals surface area contributed by atoms with E-state index in [-0.39, 0.29) is 0 Å². The number of hydrogen-bond donors (Lipinski definition) is 2. The van der Waals surface area contributed by atoms with E-state index in [9.17, 15) is 0 Å². The Kier molecular flexibility index (Phi) is 1.74. The number of hydrogen-bond acceptors (Lipinski definition) is 4. The molecule has 2 heterocycles. The fraction of sp³-hybridized carbons (Fsp3) is 0. The molecule has 0 unspecified atom stereocenters. The highest BCUT2D eigenvalue weighted by molar-refractivity contribution is 5.46. The summed E-state index contributed by atoms with van der Waals surface area (Å²) in [7, 11) is 0. The summed E-state index contributed by atoms with van der Waals surface area (Å²) in [4.78, 5) is 13.3. The molecule has 2 aromatic heterocycles.